The monoisotopic (exact) mass is 423 g/mol. The molecule has 0 amide bonds. The molecule has 10 heteroatoms. The van der Waals surface area contributed by atoms with Gasteiger partial charge in [0.25, 0.3) is 0 Å². The molecule has 1 saturated heterocycles. The van der Waals surface area contributed by atoms with E-state index in [1.165, 1.54) is 6.07 Å². The van der Waals surface area contributed by atoms with E-state index in [-0.39, 0.29) is 16.4 Å². The first-order valence-corrected chi connectivity index (χ1v) is 10.3. The van der Waals surface area contributed by atoms with E-state index >= 15 is 0 Å². The van der Waals surface area contributed by atoms with Gasteiger partial charge in [0.15, 0.2) is 0 Å². The summed E-state index contributed by atoms with van der Waals surface area (Å²) in [6, 6.07) is 12.7. The quantitative estimate of drug-likeness (QED) is 0.318. The third kappa shape index (κ3) is 5.16. The van der Waals surface area contributed by atoms with Crippen LogP contribution in [0.5, 0.6) is 0 Å². The van der Waals surface area contributed by atoms with Gasteiger partial charge in [-0.25, -0.2) is 15.0 Å². The molecular formula is C21H25N7O3. The standard InChI is InChI=1S/C21H25N7O3/c29-28(30)19-7-8-20(23-9-4-11-25-12-10-22-17-25)24-21(19)27(18-5-2-1-3-6-18)26-13-15-31-16-14-26/h1-3,5-8,10,12,17H,4,9,11,13-16H2,(H,23,24). The topological polar surface area (TPSA) is 102 Å². The van der Waals surface area contributed by atoms with E-state index in [2.05, 4.69) is 15.3 Å². The lowest BCUT2D eigenvalue weighted by Crippen LogP contribution is -2.47. The fourth-order valence-corrected chi connectivity index (χ4v) is 3.48. The Hall–Kier alpha value is -3.50. The molecule has 2 aromatic heterocycles. The minimum Gasteiger partial charge on any atom is -0.379 e. The van der Waals surface area contributed by atoms with Crippen LogP contribution >= 0.6 is 0 Å². The van der Waals surface area contributed by atoms with Crippen molar-refractivity contribution in [3.63, 3.8) is 0 Å². The number of hydrogen-bond acceptors (Lipinski definition) is 8. The molecular weight excluding hydrogens is 398 g/mol. The SMILES string of the molecule is O=[N+]([O-])c1ccc(NCCCn2ccnc2)nc1N(c1ccccc1)N1CCOCC1. The fraction of sp³-hybridized carbons (Fsp3) is 0.333. The second kappa shape index (κ2) is 10.0. The molecule has 1 fully saturated rings. The summed E-state index contributed by atoms with van der Waals surface area (Å²) in [5, 5.41) is 19.0. The lowest BCUT2D eigenvalue weighted by atomic mass is 10.3. The molecule has 3 aromatic rings. The predicted octanol–water partition coefficient (Wildman–Crippen LogP) is 3.07. The van der Waals surface area contributed by atoms with Crippen molar-refractivity contribution in [2.45, 2.75) is 13.0 Å². The molecule has 4 rings (SSSR count). The Balaban J connectivity index is 1.59. The number of ether oxygens (including phenoxy) is 1. The molecule has 31 heavy (non-hydrogen) atoms. The molecule has 0 radical (unpaired) electrons. The van der Waals surface area contributed by atoms with Crippen LogP contribution in [0.1, 0.15) is 6.42 Å². The van der Waals surface area contributed by atoms with E-state index in [1.807, 2.05) is 51.1 Å². The first-order chi connectivity index (χ1) is 15.2. The Kier molecular flexibility index (Phi) is 6.70. The normalized spacial score (nSPS) is 14.3. The number of nitrogens with zero attached hydrogens (tertiary/aromatic N) is 6. The van der Waals surface area contributed by atoms with E-state index in [1.54, 1.807) is 18.6 Å². The first kappa shape index (κ1) is 20.8. The number of rotatable bonds is 9. The lowest BCUT2D eigenvalue weighted by molar-refractivity contribution is -0.384. The molecule has 3 heterocycles. The highest BCUT2D eigenvalue weighted by molar-refractivity contribution is 5.69. The average molecular weight is 423 g/mol. The molecule has 162 valence electrons. The fourth-order valence-electron chi connectivity index (χ4n) is 3.48. The average Bonchev–Trinajstić information content (AvgIpc) is 3.32. The summed E-state index contributed by atoms with van der Waals surface area (Å²) < 4.78 is 7.48. The molecule has 1 aliphatic rings. The number of imidazole rings is 1. The Morgan fingerprint density at radius 3 is 2.68 bits per heavy atom. The van der Waals surface area contributed by atoms with Crippen LogP contribution in [0.2, 0.25) is 0 Å². The van der Waals surface area contributed by atoms with Crippen molar-refractivity contribution < 1.29 is 9.66 Å². The highest BCUT2D eigenvalue weighted by Gasteiger charge is 2.29. The number of nitro groups is 1. The summed E-state index contributed by atoms with van der Waals surface area (Å²) in [6.07, 6.45) is 6.32. The summed E-state index contributed by atoms with van der Waals surface area (Å²) in [5.74, 6) is 0.887. The van der Waals surface area contributed by atoms with Crippen LogP contribution in [-0.4, -0.2) is 57.3 Å². The lowest BCUT2D eigenvalue weighted by Gasteiger charge is -2.37. The van der Waals surface area contributed by atoms with E-state index < -0.39 is 0 Å². The molecule has 0 atom stereocenters. The van der Waals surface area contributed by atoms with Gasteiger partial charge < -0.3 is 14.6 Å². The summed E-state index contributed by atoms with van der Waals surface area (Å²) in [5.41, 5.74) is 0.775. The van der Waals surface area contributed by atoms with Gasteiger partial charge in [-0.1, -0.05) is 18.2 Å². The number of para-hydroxylation sites is 1. The minimum absolute atomic E-state index is 0.0423. The number of pyridine rings is 1. The summed E-state index contributed by atoms with van der Waals surface area (Å²) >= 11 is 0. The van der Waals surface area contributed by atoms with E-state index in [0.29, 0.717) is 38.7 Å². The highest BCUT2D eigenvalue weighted by Crippen LogP contribution is 2.34. The summed E-state index contributed by atoms with van der Waals surface area (Å²) in [4.78, 5) is 20.1. The van der Waals surface area contributed by atoms with Gasteiger partial charge in [-0.2, -0.15) is 0 Å². The van der Waals surface area contributed by atoms with Crippen LogP contribution in [0, 0.1) is 10.1 Å². The first-order valence-electron chi connectivity index (χ1n) is 10.3. The van der Waals surface area contributed by atoms with Gasteiger partial charge in [-0.05, 0) is 24.6 Å². The smallest absolute Gasteiger partial charge is 0.313 e. The van der Waals surface area contributed by atoms with Crippen molar-refractivity contribution in [3.8, 4) is 0 Å². The van der Waals surface area contributed by atoms with Gasteiger partial charge in [0.1, 0.15) is 5.82 Å². The van der Waals surface area contributed by atoms with Gasteiger partial charge >= 0.3 is 5.69 Å². The van der Waals surface area contributed by atoms with Crippen LogP contribution in [0.3, 0.4) is 0 Å². The number of hydrogen-bond donors (Lipinski definition) is 1. The van der Waals surface area contributed by atoms with Crippen LogP contribution < -0.4 is 10.3 Å². The summed E-state index contributed by atoms with van der Waals surface area (Å²) in [6.45, 7) is 3.88. The molecule has 0 unspecified atom stereocenters. The zero-order valence-electron chi connectivity index (χ0n) is 17.1. The predicted molar refractivity (Wildman–Crippen MR) is 117 cm³/mol. The van der Waals surface area contributed by atoms with Crippen molar-refractivity contribution in [2.24, 2.45) is 0 Å². The Bertz CT molecular complexity index is 976. The number of aryl methyl sites for hydroxylation is 1. The molecule has 1 N–H and O–H groups in total. The molecule has 0 saturated carbocycles. The number of nitrogens with one attached hydrogen (secondary N) is 1. The van der Waals surface area contributed by atoms with Gasteiger partial charge in [0.2, 0.25) is 5.82 Å². The van der Waals surface area contributed by atoms with E-state index in [9.17, 15) is 10.1 Å². The number of aromatic nitrogens is 3. The van der Waals surface area contributed by atoms with Gasteiger partial charge in [-0.3, -0.25) is 15.1 Å². The van der Waals surface area contributed by atoms with Crippen molar-refractivity contribution in [2.75, 3.05) is 43.2 Å². The Labute approximate surface area is 180 Å². The number of anilines is 3. The second-order valence-corrected chi connectivity index (χ2v) is 7.09. The van der Waals surface area contributed by atoms with Crippen molar-refractivity contribution in [1.82, 2.24) is 19.5 Å². The number of benzene rings is 1. The maximum absolute atomic E-state index is 11.8. The molecule has 10 nitrogen and oxygen atoms in total. The number of hydrazine groups is 1. The summed E-state index contributed by atoms with van der Waals surface area (Å²) in [7, 11) is 0. The molecule has 0 aliphatic carbocycles. The third-order valence-electron chi connectivity index (χ3n) is 4.98. The maximum Gasteiger partial charge on any atom is 0.313 e. The highest BCUT2D eigenvalue weighted by atomic mass is 16.6. The van der Waals surface area contributed by atoms with Gasteiger partial charge in [0.05, 0.1) is 30.2 Å². The zero-order valence-corrected chi connectivity index (χ0v) is 17.1. The second-order valence-electron chi connectivity index (χ2n) is 7.09. The zero-order chi connectivity index (χ0) is 21.5. The van der Waals surface area contributed by atoms with Crippen LogP contribution in [0.25, 0.3) is 0 Å². The van der Waals surface area contributed by atoms with Crippen LogP contribution in [0.15, 0.2) is 61.2 Å². The van der Waals surface area contributed by atoms with Crippen molar-refractivity contribution >= 4 is 23.0 Å². The van der Waals surface area contributed by atoms with Crippen molar-refractivity contribution in [1.29, 1.82) is 0 Å². The molecule has 1 aromatic carbocycles. The van der Waals surface area contributed by atoms with E-state index in [4.69, 9.17) is 4.74 Å². The van der Waals surface area contributed by atoms with Crippen molar-refractivity contribution in [3.05, 3.63) is 71.3 Å². The molecule has 0 bridgehead atoms. The third-order valence-corrected chi connectivity index (χ3v) is 4.98. The maximum atomic E-state index is 11.8. The van der Waals surface area contributed by atoms with Gasteiger partial charge in [0, 0.05) is 44.6 Å². The molecule has 1 aliphatic heterocycles. The minimum atomic E-state index is -0.387. The largest absolute Gasteiger partial charge is 0.379 e. The van der Waals surface area contributed by atoms with Gasteiger partial charge in [-0.15, -0.1) is 0 Å². The van der Waals surface area contributed by atoms with Crippen LogP contribution in [-0.2, 0) is 11.3 Å². The molecule has 0 spiro atoms. The van der Waals surface area contributed by atoms with E-state index in [0.717, 1.165) is 18.7 Å². The Morgan fingerprint density at radius 2 is 1.97 bits per heavy atom. The van der Waals surface area contributed by atoms with Crippen LogP contribution in [0.4, 0.5) is 23.0 Å². The Morgan fingerprint density at radius 1 is 1.16 bits per heavy atom. The number of morpholine rings is 1.